The van der Waals surface area contributed by atoms with Crippen molar-refractivity contribution in [3.8, 4) is 11.6 Å². The highest BCUT2D eigenvalue weighted by atomic mass is 16.5. The Morgan fingerprint density at radius 3 is 2.33 bits per heavy atom. The molecule has 2 aromatic carbocycles. The van der Waals surface area contributed by atoms with Crippen LogP contribution in [-0.4, -0.2) is 23.0 Å². The largest absolute Gasteiger partial charge is 0.465 e. The summed E-state index contributed by atoms with van der Waals surface area (Å²) in [5, 5.41) is 3.19. The minimum Gasteiger partial charge on any atom is -0.465 e. The van der Waals surface area contributed by atoms with Crippen LogP contribution in [-0.2, 0) is 4.74 Å². The first-order chi connectivity index (χ1) is 13.0. The Morgan fingerprint density at radius 2 is 1.70 bits per heavy atom. The molecule has 7 nitrogen and oxygen atoms in total. The van der Waals surface area contributed by atoms with Crippen LogP contribution in [0.5, 0.6) is 11.6 Å². The van der Waals surface area contributed by atoms with Gasteiger partial charge in [-0.2, -0.15) is 4.98 Å². The van der Waals surface area contributed by atoms with Crippen molar-refractivity contribution in [2.75, 3.05) is 18.2 Å². The van der Waals surface area contributed by atoms with Crippen molar-refractivity contribution >= 4 is 23.2 Å². The van der Waals surface area contributed by atoms with Gasteiger partial charge in [-0.25, -0.2) is 9.78 Å². The Kier molecular flexibility index (Phi) is 5.21. The lowest BCUT2D eigenvalue weighted by atomic mass is 10.1. The van der Waals surface area contributed by atoms with Crippen molar-refractivity contribution in [1.29, 1.82) is 0 Å². The minimum atomic E-state index is -0.414. The predicted octanol–water partition coefficient (Wildman–Crippen LogP) is 4.00. The van der Waals surface area contributed by atoms with E-state index in [1.807, 2.05) is 26.0 Å². The quantitative estimate of drug-likeness (QED) is 0.660. The topological polar surface area (TPSA) is 99.4 Å². The Labute approximate surface area is 157 Å². The molecular formula is C20H20N4O3. The second kappa shape index (κ2) is 7.74. The smallest absolute Gasteiger partial charge is 0.337 e. The summed E-state index contributed by atoms with van der Waals surface area (Å²) in [7, 11) is 1.33. The molecular weight excluding hydrogens is 344 g/mol. The highest BCUT2D eigenvalue weighted by Gasteiger charge is 2.12. The van der Waals surface area contributed by atoms with E-state index in [2.05, 4.69) is 26.1 Å². The van der Waals surface area contributed by atoms with Gasteiger partial charge in [-0.05, 0) is 61.4 Å². The molecule has 7 heteroatoms. The molecule has 0 saturated heterocycles. The van der Waals surface area contributed by atoms with Gasteiger partial charge in [0.05, 0.1) is 12.7 Å². The van der Waals surface area contributed by atoms with E-state index >= 15 is 0 Å². The lowest BCUT2D eigenvalue weighted by Gasteiger charge is -2.13. The number of anilines is 3. The Hall–Kier alpha value is -3.61. The van der Waals surface area contributed by atoms with Crippen molar-refractivity contribution in [3.05, 3.63) is 65.5 Å². The monoisotopic (exact) mass is 364 g/mol. The van der Waals surface area contributed by atoms with E-state index in [1.54, 1.807) is 24.3 Å². The zero-order chi connectivity index (χ0) is 19.4. The number of benzene rings is 2. The molecule has 0 aliphatic heterocycles. The molecule has 3 rings (SSSR count). The number of esters is 1. The third-order valence-corrected chi connectivity index (χ3v) is 3.82. The van der Waals surface area contributed by atoms with Crippen LogP contribution in [0.4, 0.5) is 17.2 Å². The van der Waals surface area contributed by atoms with E-state index < -0.39 is 5.97 Å². The van der Waals surface area contributed by atoms with Crippen LogP contribution in [0.2, 0.25) is 0 Å². The Bertz CT molecular complexity index is 951. The maximum atomic E-state index is 11.5. The number of aryl methyl sites for hydroxylation is 2. The summed E-state index contributed by atoms with van der Waals surface area (Å²) in [5.74, 6) is 0.757. The molecule has 0 spiro atoms. The fraction of sp³-hybridized carbons (Fsp3) is 0.150. The molecule has 27 heavy (non-hydrogen) atoms. The van der Waals surface area contributed by atoms with Gasteiger partial charge in [0.25, 0.3) is 0 Å². The molecule has 0 atom stereocenters. The predicted molar refractivity (Wildman–Crippen MR) is 103 cm³/mol. The standard InChI is InChI=1S/C20H20N4O3/c1-12-8-13(2)10-15(9-12)24-18-17(21)19(23-11-22-18)27-16-6-4-14(5-7-16)20(25)26-3/h4-11H,21H2,1-3H3,(H,22,23,24). The first kappa shape index (κ1) is 18.2. The van der Waals surface area contributed by atoms with Gasteiger partial charge in [0, 0.05) is 5.69 Å². The van der Waals surface area contributed by atoms with Crippen LogP contribution in [0, 0.1) is 13.8 Å². The molecule has 138 valence electrons. The second-order valence-corrected chi connectivity index (χ2v) is 6.06. The van der Waals surface area contributed by atoms with E-state index in [0.717, 1.165) is 16.8 Å². The first-order valence-electron chi connectivity index (χ1n) is 8.28. The summed E-state index contributed by atoms with van der Waals surface area (Å²) in [4.78, 5) is 19.8. The number of aromatic nitrogens is 2. The highest BCUT2D eigenvalue weighted by molar-refractivity contribution is 5.89. The lowest BCUT2D eigenvalue weighted by molar-refractivity contribution is 0.0600. The van der Waals surface area contributed by atoms with Crippen molar-refractivity contribution in [2.45, 2.75) is 13.8 Å². The summed E-state index contributed by atoms with van der Waals surface area (Å²) in [6, 6.07) is 12.6. The number of nitrogen functional groups attached to an aromatic ring is 1. The van der Waals surface area contributed by atoms with E-state index in [0.29, 0.717) is 17.1 Å². The van der Waals surface area contributed by atoms with Crippen molar-refractivity contribution in [3.63, 3.8) is 0 Å². The molecule has 0 radical (unpaired) electrons. The minimum absolute atomic E-state index is 0.225. The van der Waals surface area contributed by atoms with E-state index in [9.17, 15) is 4.79 Å². The molecule has 0 aliphatic rings. The van der Waals surface area contributed by atoms with Crippen LogP contribution in [0.25, 0.3) is 0 Å². The molecule has 1 aromatic heterocycles. The number of rotatable bonds is 5. The van der Waals surface area contributed by atoms with Crippen LogP contribution >= 0.6 is 0 Å². The van der Waals surface area contributed by atoms with Gasteiger partial charge in [0.15, 0.2) is 5.82 Å². The van der Waals surface area contributed by atoms with E-state index in [-0.39, 0.29) is 11.6 Å². The van der Waals surface area contributed by atoms with Gasteiger partial charge in [-0.15, -0.1) is 0 Å². The van der Waals surface area contributed by atoms with Crippen LogP contribution in [0.1, 0.15) is 21.5 Å². The van der Waals surface area contributed by atoms with Gasteiger partial charge in [-0.3, -0.25) is 0 Å². The number of methoxy groups -OCH3 is 1. The molecule has 0 amide bonds. The van der Waals surface area contributed by atoms with Crippen molar-refractivity contribution in [1.82, 2.24) is 9.97 Å². The van der Waals surface area contributed by atoms with Crippen LogP contribution in [0.3, 0.4) is 0 Å². The zero-order valence-corrected chi connectivity index (χ0v) is 15.3. The highest BCUT2D eigenvalue weighted by Crippen LogP contribution is 2.31. The summed E-state index contributed by atoms with van der Waals surface area (Å²) < 4.78 is 10.4. The SMILES string of the molecule is COC(=O)c1ccc(Oc2ncnc(Nc3cc(C)cc(C)c3)c2N)cc1. The molecule has 0 fully saturated rings. The Morgan fingerprint density at radius 1 is 1.04 bits per heavy atom. The van der Waals surface area contributed by atoms with Gasteiger partial charge < -0.3 is 20.5 Å². The average Bonchev–Trinajstić information content (AvgIpc) is 2.64. The summed E-state index contributed by atoms with van der Waals surface area (Å²) in [6.45, 7) is 4.04. The second-order valence-electron chi connectivity index (χ2n) is 6.06. The molecule has 0 bridgehead atoms. The van der Waals surface area contributed by atoms with Gasteiger partial charge in [0.1, 0.15) is 17.8 Å². The lowest BCUT2D eigenvalue weighted by Crippen LogP contribution is -2.04. The number of nitrogens with one attached hydrogen (secondary N) is 1. The van der Waals surface area contributed by atoms with Crippen molar-refractivity contribution < 1.29 is 14.3 Å². The molecule has 3 aromatic rings. The van der Waals surface area contributed by atoms with Gasteiger partial charge in [-0.1, -0.05) is 6.07 Å². The van der Waals surface area contributed by atoms with Crippen LogP contribution < -0.4 is 15.8 Å². The summed E-state index contributed by atoms with van der Waals surface area (Å²) >= 11 is 0. The fourth-order valence-electron chi connectivity index (χ4n) is 2.63. The summed E-state index contributed by atoms with van der Waals surface area (Å²) in [5.41, 5.74) is 10.0. The Balaban J connectivity index is 1.81. The first-order valence-corrected chi connectivity index (χ1v) is 8.28. The van der Waals surface area contributed by atoms with Gasteiger partial charge >= 0.3 is 5.97 Å². The molecule has 0 unspecified atom stereocenters. The maximum Gasteiger partial charge on any atom is 0.337 e. The number of hydrogen-bond acceptors (Lipinski definition) is 7. The maximum absolute atomic E-state index is 11.5. The third-order valence-electron chi connectivity index (χ3n) is 3.82. The number of nitrogens with zero attached hydrogens (tertiary/aromatic N) is 2. The van der Waals surface area contributed by atoms with E-state index in [4.69, 9.17) is 10.5 Å². The van der Waals surface area contributed by atoms with Crippen molar-refractivity contribution in [2.24, 2.45) is 0 Å². The number of ether oxygens (including phenoxy) is 2. The third kappa shape index (κ3) is 4.33. The zero-order valence-electron chi connectivity index (χ0n) is 15.3. The number of carbonyl (C=O) groups is 1. The molecule has 0 aliphatic carbocycles. The van der Waals surface area contributed by atoms with Crippen LogP contribution in [0.15, 0.2) is 48.8 Å². The average molecular weight is 364 g/mol. The number of carbonyl (C=O) groups excluding carboxylic acids is 1. The van der Waals surface area contributed by atoms with Gasteiger partial charge in [0.2, 0.25) is 5.88 Å². The molecule has 0 saturated carbocycles. The normalized spacial score (nSPS) is 10.3. The number of hydrogen-bond donors (Lipinski definition) is 2. The van der Waals surface area contributed by atoms with E-state index in [1.165, 1.54) is 13.4 Å². The number of nitrogens with two attached hydrogens (primary N) is 1. The fourth-order valence-corrected chi connectivity index (χ4v) is 2.63. The molecule has 1 heterocycles. The molecule has 3 N–H and O–H groups in total. The summed E-state index contributed by atoms with van der Waals surface area (Å²) in [6.07, 6.45) is 1.37.